The zero-order valence-electron chi connectivity index (χ0n) is 18.6. The molecule has 2 amide bonds. The average molecular weight is 470 g/mol. The number of carbonyl (C=O) groups excluding carboxylic acids is 2. The predicted octanol–water partition coefficient (Wildman–Crippen LogP) is 3.54. The fourth-order valence-corrected chi connectivity index (χ4v) is 5.04. The van der Waals surface area contributed by atoms with Crippen LogP contribution in [0.1, 0.15) is 17.7 Å². The minimum absolute atomic E-state index is 0.122. The first-order valence-electron chi connectivity index (χ1n) is 10.6. The van der Waals surface area contributed by atoms with E-state index in [-0.39, 0.29) is 18.2 Å². The van der Waals surface area contributed by atoms with Gasteiger partial charge in [0.15, 0.2) is 11.5 Å². The van der Waals surface area contributed by atoms with Crippen LogP contribution in [0.4, 0.5) is 5.69 Å². The molecule has 0 saturated carbocycles. The summed E-state index contributed by atoms with van der Waals surface area (Å²) < 4.78 is 16.1. The molecule has 5 rings (SSSR count). The minimum Gasteiger partial charge on any atom is -0.493 e. The van der Waals surface area contributed by atoms with Crippen LogP contribution in [0.2, 0.25) is 5.02 Å². The van der Waals surface area contributed by atoms with Crippen LogP contribution in [0.5, 0.6) is 17.2 Å². The molecule has 8 nitrogen and oxygen atoms in total. The summed E-state index contributed by atoms with van der Waals surface area (Å²) in [6, 6.07) is 8.51. The Morgan fingerprint density at radius 3 is 2.42 bits per heavy atom. The standard InChI is InChI=1S/C24H24ClN3O5/c1-31-20-9-14(10-21(32-2)23(20)33-3)28-22(29)11-19(24(28)30)27-7-6-15-16-8-13(25)4-5-17(16)26-18(15)12-27/h4-5,8-10,19,26H,6-7,11-12H2,1-3H3/t19-/m0/s1. The number of H-pyrrole nitrogens is 1. The molecular weight excluding hydrogens is 446 g/mol. The normalized spacial score (nSPS) is 18.7. The molecule has 1 saturated heterocycles. The molecule has 2 aliphatic heterocycles. The molecule has 2 aliphatic rings. The van der Waals surface area contributed by atoms with Crippen molar-refractivity contribution < 1.29 is 23.8 Å². The van der Waals surface area contributed by atoms with E-state index in [1.165, 1.54) is 31.8 Å². The van der Waals surface area contributed by atoms with Gasteiger partial charge in [-0.3, -0.25) is 14.5 Å². The van der Waals surface area contributed by atoms with Crippen molar-refractivity contribution in [1.29, 1.82) is 0 Å². The van der Waals surface area contributed by atoms with E-state index in [0.717, 1.165) is 23.0 Å². The smallest absolute Gasteiger partial charge is 0.251 e. The quantitative estimate of drug-likeness (QED) is 0.575. The van der Waals surface area contributed by atoms with Crippen LogP contribution in [0.3, 0.4) is 0 Å². The molecule has 3 heterocycles. The highest BCUT2D eigenvalue weighted by atomic mass is 35.5. The number of carbonyl (C=O) groups is 2. The maximum Gasteiger partial charge on any atom is 0.251 e. The summed E-state index contributed by atoms with van der Waals surface area (Å²) in [7, 11) is 4.50. The fourth-order valence-electron chi connectivity index (χ4n) is 4.87. The first-order chi connectivity index (χ1) is 15.9. The molecule has 1 aromatic heterocycles. The van der Waals surface area contributed by atoms with Crippen LogP contribution in [0.15, 0.2) is 30.3 Å². The monoisotopic (exact) mass is 469 g/mol. The number of ether oxygens (including phenoxy) is 3. The second-order valence-corrected chi connectivity index (χ2v) is 8.60. The number of rotatable bonds is 5. The van der Waals surface area contributed by atoms with Gasteiger partial charge in [0.25, 0.3) is 5.91 Å². The van der Waals surface area contributed by atoms with Gasteiger partial charge in [-0.25, -0.2) is 4.90 Å². The Morgan fingerprint density at radius 2 is 1.76 bits per heavy atom. The topological polar surface area (TPSA) is 84.1 Å². The Morgan fingerprint density at radius 1 is 1.03 bits per heavy atom. The maximum absolute atomic E-state index is 13.4. The summed E-state index contributed by atoms with van der Waals surface area (Å²) in [5.74, 6) is 0.665. The number of nitrogens with zero attached hydrogens (tertiary/aromatic N) is 2. The second kappa shape index (κ2) is 8.28. The summed E-state index contributed by atoms with van der Waals surface area (Å²) in [4.78, 5) is 33.1. The van der Waals surface area contributed by atoms with Gasteiger partial charge in [0.05, 0.1) is 39.5 Å². The first-order valence-corrected chi connectivity index (χ1v) is 11.0. The maximum atomic E-state index is 13.4. The highest BCUT2D eigenvalue weighted by Crippen LogP contribution is 2.42. The van der Waals surface area contributed by atoms with Crippen LogP contribution >= 0.6 is 11.6 Å². The summed E-state index contributed by atoms with van der Waals surface area (Å²) in [6.45, 7) is 1.24. The lowest BCUT2D eigenvalue weighted by atomic mass is 10.0. The number of fused-ring (bicyclic) bond motifs is 3. The van der Waals surface area contributed by atoms with Crippen molar-refractivity contribution in [2.24, 2.45) is 0 Å². The molecule has 0 spiro atoms. The SMILES string of the molecule is COc1cc(N2C(=O)C[C@H](N3CCc4c([nH]c5ccc(Cl)cc45)C3)C2=O)cc(OC)c1OC. The predicted molar refractivity (Wildman–Crippen MR) is 124 cm³/mol. The molecule has 172 valence electrons. The number of methoxy groups -OCH3 is 3. The van der Waals surface area contributed by atoms with Crippen molar-refractivity contribution in [2.75, 3.05) is 32.8 Å². The summed E-state index contributed by atoms with van der Waals surface area (Å²) >= 11 is 6.18. The van der Waals surface area contributed by atoms with Crippen molar-refractivity contribution in [3.63, 3.8) is 0 Å². The van der Waals surface area contributed by atoms with Crippen molar-refractivity contribution in [2.45, 2.75) is 25.4 Å². The van der Waals surface area contributed by atoms with Gasteiger partial charge in [-0.05, 0) is 30.2 Å². The Labute approximate surface area is 196 Å². The van der Waals surface area contributed by atoms with Crippen LogP contribution in [0.25, 0.3) is 10.9 Å². The summed E-state index contributed by atoms with van der Waals surface area (Å²) in [6.07, 6.45) is 0.898. The lowest BCUT2D eigenvalue weighted by molar-refractivity contribution is -0.123. The molecule has 1 N–H and O–H groups in total. The molecular formula is C24H24ClN3O5. The van der Waals surface area contributed by atoms with Gasteiger partial charge >= 0.3 is 0 Å². The van der Waals surface area contributed by atoms with E-state index in [4.69, 9.17) is 25.8 Å². The number of hydrogen-bond acceptors (Lipinski definition) is 6. The Bertz CT molecular complexity index is 1250. The lowest BCUT2D eigenvalue weighted by Crippen LogP contribution is -2.44. The summed E-state index contributed by atoms with van der Waals surface area (Å²) in [5.41, 5.74) is 3.71. The van der Waals surface area contributed by atoms with E-state index >= 15 is 0 Å². The fraction of sp³-hybridized carbons (Fsp3) is 0.333. The van der Waals surface area contributed by atoms with E-state index in [1.54, 1.807) is 12.1 Å². The molecule has 2 aromatic carbocycles. The van der Waals surface area contributed by atoms with E-state index in [0.29, 0.717) is 41.0 Å². The van der Waals surface area contributed by atoms with Crippen LogP contribution in [0, 0.1) is 0 Å². The number of imide groups is 1. The third-order valence-electron chi connectivity index (χ3n) is 6.44. The number of hydrogen-bond donors (Lipinski definition) is 1. The first kappa shape index (κ1) is 21.6. The van der Waals surface area contributed by atoms with Gasteiger partial charge in [-0.2, -0.15) is 0 Å². The zero-order valence-corrected chi connectivity index (χ0v) is 19.4. The molecule has 0 unspecified atom stereocenters. The van der Waals surface area contributed by atoms with Crippen molar-refractivity contribution in [3.05, 3.63) is 46.6 Å². The highest BCUT2D eigenvalue weighted by molar-refractivity contribution is 6.31. The number of nitrogens with one attached hydrogen (secondary N) is 1. The van der Waals surface area contributed by atoms with Gasteiger partial charge in [0.2, 0.25) is 11.7 Å². The van der Waals surface area contributed by atoms with Crippen molar-refractivity contribution in [3.8, 4) is 17.2 Å². The van der Waals surface area contributed by atoms with E-state index in [1.807, 2.05) is 18.2 Å². The zero-order chi connectivity index (χ0) is 23.3. The molecule has 9 heteroatoms. The van der Waals surface area contributed by atoms with Gasteiger partial charge in [0.1, 0.15) is 0 Å². The van der Waals surface area contributed by atoms with Gasteiger partial charge in [-0.1, -0.05) is 11.6 Å². The number of amides is 2. The Balaban J connectivity index is 1.43. The Hall–Kier alpha value is -3.23. The molecule has 1 atom stereocenters. The number of halogens is 1. The lowest BCUT2D eigenvalue weighted by Gasteiger charge is -2.30. The number of aromatic nitrogens is 1. The second-order valence-electron chi connectivity index (χ2n) is 8.16. The van der Waals surface area contributed by atoms with Gasteiger partial charge in [0, 0.05) is 46.8 Å². The summed E-state index contributed by atoms with van der Waals surface area (Å²) in [5, 5.41) is 1.81. The van der Waals surface area contributed by atoms with Crippen LogP contribution < -0.4 is 19.1 Å². The third kappa shape index (κ3) is 3.50. The molecule has 0 bridgehead atoms. The van der Waals surface area contributed by atoms with Gasteiger partial charge in [-0.15, -0.1) is 0 Å². The third-order valence-corrected chi connectivity index (χ3v) is 6.67. The number of aromatic amines is 1. The van der Waals surface area contributed by atoms with Crippen molar-refractivity contribution >= 4 is 40.0 Å². The number of anilines is 1. The molecule has 0 aliphatic carbocycles. The van der Waals surface area contributed by atoms with Crippen LogP contribution in [-0.2, 0) is 22.6 Å². The molecule has 0 radical (unpaired) electrons. The van der Waals surface area contributed by atoms with E-state index in [9.17, 15) is 9.59 Å². The number of benzene rings is 2. The molecule has 1 fully saturated rings. The average Bonchev–Trinajstić information content (AvgIpc) is 3.33. The molecule has 33 heavy (non-hydrogen) atoms. The van der Waals surface area contributed by atoms with Gasteiger partial charge < -0.3 is 19.2 Å². The molecule has 3 aromatic rings. The largest absolute Gasteiger partial charge is 0.493 e. The van der Waals surface area contributed by atoms with E-state index < -0.39 is 6.04 Å². The highest BCUT2D eigenvalue weighted by Gasteiger charge is 2.44. The minimum atomic E-state index is -0.528. The Kier molecular flexibility index (Phi) is 5.42. The van der Waals surface area contributed by atoms with Crippen molar-refractivity contribution in [1.82, 2.24) is 9.88 Å². The van der Waals surface area contributed by atoms with Crippen LogP contribution in [-0.4, -0.2) is 55.6 Å². The van der Waals surface area contributed by atoms with E-state index in [2.05, 4.69) is 9.88 Å².